The smallest absolute Gasteiger partial charge is 0.0918 e. The van der Waals surface area contributed by atoms with E-state index in [2.05, 4.69) is 120 Å². The number of rotatable bonds is 4. The second kappa shape index (κ2) is 8.60. The van der Waals surface area contributed by atoms with Gasteiger partial charge in [0.2, 0.25) is 0 Å². The van der Waals surface area contributed by atoms with Crippen molar-refractivity contribution < 1.29 is 4.39 Å². The summed E-state index contributed by atoms with van der Waals surface area (Å²) in [5.41, 5.74) is 3.90. The summed E-state index contributed by atoms with van der Waals surface area (Å²) in [6.07, 6.45) is 0. The molecule has 172 valence electrons. The molecule has 0 saturated carbocycles. The Labute approximate surface area is 190 Å². The summed E-state index contributed by atoms with van der Waals surface area (Å²) >= 11 is 0. The highest BCUT2D eigenvalue weighted by atomic mass is 31.1. The highest BCUT2D eigenvalue weighted by Crippen LogP contribution is 2.51. The molecule has 0 bridgehead atoms. The van der Waals surface area contributed by atoms with Crippen molar-refractivity contribution in [2.45, 2.75) is 118 Å². The summed E-state index contributed by atoms with van der Waals surface area (Å²) in [5.74, 6) is 0. The second-order valence-electron chi connectivity index (χ2n) is 13.9. The molecule has 4 heteroatoms. The van der Waals surface area contributed by atoms with Crippen LogP contribution in [0.3, 0.4) is 0 Å². The van der Waals surface area contributed by atoms with Gasteiger partial charge >= 0.3 is 0 Å². The Morgan fingerprint density at radius 3 is 1.23 bits per heavy atom. The van der Waals surface area contributed by atoms with E-state index < -0.39 is 23.7 Å². The van der Waals surface area contributed by atoms with E-state index >= 15 is 0 Å². The van der Waals surface area contributed by atoms with E-state index in [-0.39, 0.29) is 16.2 Å². The zero-order valence-corrected chi connectivity index (χ0v) is 25.4. The fourth-order valence-electron chi connectivity index (χ4n) is 4.44. The molecule has 0 aliphatic rings. The van der Waals surface area contributed by atoms with Crippen molar-refractivity contribution >= 4 is 35.0 Å². The Bertz CT molecular complexity index is 740. The molecule has 0 aliphatic heterocycles. The summed E-state index contributed by atoms with van der Waals surface area (Å²) in [7, 11) is -4.59. The fourth-order valence-corrected chi connectivity index (χ4v) is 21.4. The number of hydrogen-bond acceptors (Lipinski definition) is 0. The number of halogens is 1. The molecule has 0 amide bonds. The van der Waals surface area contributed by atoms with Gasteiger partial charge in [-0.3, -0.25) is 0 Å². The van der Waals surface area contributed by atoms with Crippen LogP contribution in [0.5, 0.6) is 0 Å². The van der Waals surface area contributed by atoms with E-state index in [1.165, 1.54) is 26.9 Å². The molecule has 0 nitrogen and oxygen atoms in total. The van der Waals surface area contributed by atoms with Crippen LogP contribution in [0.4, 0.5) is 4.39 Å². The first-order valence-corrected chi connectivity index (χ1v) is 19.6. The van der Waals surface area contributed by atoms with Crippen LogP contribution >= 0.6 is 7.55 Å². The standard InChI is InChI=1S/C26H47FPSi2/c1-24(2,3)19-16-20(25(4,5)6)22(21(17-19)26(7,8)9)28(18-27)23(29(10,11)12)30(13,14)15/h16-17H,1-15H3/q-1. The molecule has 0 aromatic heterocycles. The van der Waals surface area contributed by atoms with E-state index in [4.69, 9.17) is 0 Å². The SMILES string of the molecule is CC(C)(C)c1cc(C(C)(C)C)c([P+](=[C-]F)[C-]([Si](C)(C)C)[Si](C)(C)C)c(C(C)(C)C)c1. The lowest BCUT2D eigenvalue weighted by atomic mass is 9.75. The van der Waals surface area contributed by atoms with Crippen LogP contribution in [-0.2, 0) is 16.2 Å². The Morgan fingerprint density at radius 2 is 1.03 bits per heavy atom. The molecule has 0 aliphatic carbocycles. The average molecular weight is 466 g/mol. The molecule has 0 saturated heterocycles. The van der Waals surface area contributed by atoms with Crippen LogP contribution in [0, 0.1) is 4.91 Å². The average Bonchev–Trinajstić information content (AvgIpc) is 2.45. The molecule has 1 rings (SSSR count). The molecule has 0 fully saturated rings. The van der Waals surface area contributed by atoms with E-state index in [0.29, 0.717) is 0 Å². The van der Waals surface area contributed by atoms with Crippen LogP contribution in [0.2, 0.25) is 39.3 Å². The molecular weight excluding hydrogens is 418 g/mol. The molecule has 30 heavy (non-hydrogen) atoms. The van der Waals surface area contributed by atoms with Gasteiger partial charge in [0.05, 0.1) is 5.30 Å². The Kier molecular flexibility index (Phi) is 7.96. The summed E-state index contributed by atoms with van der Waals surface area (Å²) in [4.78, 5) is 1.53. The van der Waals surface area contributed by atoms with Gasteiger partial charge in [-0.1, -0.05) is 130 Å². The summed E-state index contributed by atoms with van der Waals surface area (Å²) in [6, 6.07) is 7.17. The van der Waals surface area contributed by atoms with Gasteiger partial charge in [-0.25, -0.2) is 0 Å². The molecule has 1 unspecified atom stereocenters. The zero-order chi connectivity index (χ0) is 24.1. The molecule has 0 radical (unpaired) electrons. The van der Waals surface area contributed by atoms with Crippen molar-refractivity contribution in [2.75, 3.05) is 0 Å². The maximum Gasteiger partial charge on any atom is 0.0918 e. The normalized spacial score (nSPS) is 15.2. The quantitative estimate of drug-likeness (QED) is 0.237. The minimum atomic E-state index is -1.70. The summed E-state index contributed by atoms with van der Waals surface area (Å²) < 4.78 is 14.9. The fraction of sp³-hybridized carbons (Fsp3) is 0.692. The maximum atomic E-state index is 14.9. The van der Waals surface area contributed by atoms with Crippen LogP contribution < -0.4 is 5.30 Å². The predicted molar refractivity (Wildman–Crippen MR) is 145 cm³/mol. The molecular formula is C26H47FPSi2-. The Morgan fingerprint density at radius 1 is 0.700 bits per heavy atom. The van der Waals surface area contributed by atoms with Gasteiger partial charge in [-0.15, -0.1) is 11.0 Å². The lowest BCUT2D eigenvalue weighted by Gasteiger charge is -2.50. The minimum absolute atomic E-state index is 0.0501. The highest BCUT2D eigenvalue weighted by molar-refractivity contribution is 7.74. The molecule has 1 atom stereocenters. The van der Waals surface area contributed by atoms with E-state index in [0.717, 1.165) is 0 Å². The number of benzene rings is 1. The zero-order valence-electron chi connectivity index (χ0n) is 22.5. The van der Waals surface area contributed by atoms with Gasteiger partial charge < -0.3 is 4.39 Å². The third-order valence-electron chi connectivity index (χ3n) is 5.54. The monoisotopic (exact) mass is 465 g/mol. The third kappa shape index (κ3) is 6.39. The topological polar surface area (TPSA) is 0 Å². The largest absolute Gasteiger partial charge is 0.412 e. The van der Waals surface area contributed by atoms with Gasteiger partial charge in [0.25, 0.3) is 0 Å². The van der Waals surface area contributed by atoms with Crippen molar-refractivity contribution in [2.24, 2.45) is 0 Å². The van der Waals surface area contributed by atoms with Crippen LogP contribution in [0.25, 0.3) is 0 Å². The Balaban J connectivity index is 4.22. The lowest BCUT2D eigenvalue weighted by Crippen LogP contribution is -2.47. The molecule has 0 heterocycles. The van der Waals surface area contributed by atoms with Gasteiger partial charge in [-0.05, 0) is 21.8 Å². The van der Waals surface area contributed by atoms with Crippen molar-refractivity contribution in [1.29, 1.82) is 0 Å². The van der Waals surface area contributed by atoms with E-state index in [1.54, 1.807) is 0 Å². The minimum Gasteiger partial charge on any atom is -0.412 e. The van der Waals surface area contributed by atoms with Gasteiger partial charge in [0, 0.05) is 11.1 Å². The molecule has 0 N–H and O–H groups in total. The van der Waals surface area contributed by atoms with E-state index in [1.807, 2.05) is 0 Å². The van der Waals surface area contributed by atoms with E-state index in [9.17, 15) is 4.39 Å². The molecule has 1 aromatic carbocycles. The van der Waals surface area contributed by atoms with Crippen LogP contribution in [0.15, 0.2) is 12.1 Å². The van der Waals surface area contributed by atoms with Crippen LogP contribution in [0.1, 0.15) is 79.0 Å². The first-order chi connectivity index (χ1) is 13.0. The van der Waals surface area contributed by atoms with Crippen LogP contribution in [-0.4, -0.2) is 22.2 Å². The lowest BCUT2D eigenvalue weighted by molar-refractivity contribution is 0.553. The number of hydrogen-bond donors (Lipinski definition) is 0. The predicted octanol–water partition coefficient (Wildman–Crippen LogP) is 8.58. The first kappa shape index (κ1) is 27.8. The maximum absolute atomic E-state index is 14.9. The molecule has 0 spiro atoms. The van der Waals surface area contributed by atoms with Gasteiger partial charge in [0.1, 0.15) is 0 Å². The van der Waals surface area contributed by atoms with Gasteiger partial charge in [-0.2, -0.15) is 7.55 Å². The second-order valence-corrected chi connectivity index (χ2v) is 27.0. The first-order valence-electron chi connectivity index (χ1n) is 11.3. The summed E-state index contributed by atoms with van der Waals surface area (Å²) in [5, 5.41) is 1.25. The van der Waals surface area contributed by atoms with Crippen molar-refractivity contribution in [1.82, 2.24) is 0 Å². The Hall–Kier alpha value is -0.246. The summed E-state index contributed by atoms with van der Waals surface area (Å²) in [6.45, 7) is 34.9. The van der Waals surface area contributed by atoms with Gasteiger partial charge in [0.15, 0.2) is 0 Å². The third-order valence-corrected chi connectivity index (χ3v) is 19.8. The van der Waals surface area contributed by atoms with Crippen molar-refractivity contribution in [3.05, 3.63) is 33.7 Å². The highest BCUT2D eigenvalue weighted by Gasteiger charge is 2.37. The molecule has 1 aromatic rings. The van der Waals surface area contributed by atoms with Crippen molar-refractivity contribution in [3.8, 4) is 0 Å². The van der Waals surface area contributed by atoms with Crippen molar-refractivity contribution in [3.63, 3.8) is 0 Å².